The molecule has 24 heavy (non-hydrogen) atoms. The normalized spacial score (nSPS) is 23.5. The molecule has 0 aromatic heterocycles. The molecule has 1 aliphatic carbocycles. The van der Waals surface area contributed by atoms with Gasteiger partial charge >= 0.3 is 12.1 Å². The summed E-state index contributed by atoms with van der Waals surface area (Å²) in [6.45, 7) is 2.12. The van der Waals surface area contributed by atoms with E-state index in [1.165, 1.54) is 12.0 Å². The fourth-order valence-corrected chi connectivity index (χ4v) is 3.48. The number of carbonyl (C=O) groups is 2. The molecule has 0 radical (unpaired) electrons. The Morgan fingerprint density at radius 3 is 2.58 bits per heavy atom. The molecular formula is C18H25NO5. The van der Waals surface area contributed by atoms with Gasteiger partial charge in [0, 0.05) is 13.7 Å². The molecule has 1 fully saturated rings. The number of aliphatic carboxylic acids is 1. The number of carboxylic acids is 1. The molecule has 1 aromatic carbocycles. The minimum absolute atomic E-state index is 0.115. The lowest BCUT2D eigenvalue weighted by Gasteiger charge is -2.46. The second-order valence-electron chi connectivity index (χ2n) is 5.98. The van der Waals surface area contributed by atoms with Gasteiger partial charge in [-0.3, -0.25) is 4.90 Å². The van der Waals surface area contributed by atoms with Crippen molar-refractivity contribution < 1.29 is 24.2 Å². The number of carbonyl (C=O) groups excluding carboxylic acids is 1. The highest BCUT2D eigenvalue weighted by molar-refractivity contribution is 5.85. The van der Waals surface area contributed by atoms with E-state index in [-0.39, 0.29) is 13.2 Å². The van der Waals surface area contributed by atoms with Gasteiger partial charge in [0.2, 0.25) is 0 Å². The van der Waals surface area contributed by atoms with E-state index in [4.69, 9.17) is 9.47 Å². The number of likely N-dealkylation sites (N-methyl/N-ethyl adjacent to an activating group) is 1. The van der Waals surface area contributed by atoms with Crippen molar-refractivity contribution in [3.63, 3.8) is 0 Å². The molecule has 0 aliphatic heterocycles. The number of rotatable bonds is 6. The van der Waals surface area contributed by atoms with Crippen molar-refractivity contribution in [1.29, 1.82) is 0 Å². The van der Waals surface area contributed by atoms with Gasteiger partial charge in [0.25, 0.3) is 0 Å². The molecule has 2 unspecified atom stereocenters. The molecule has 132 valence electrons. The zero-order valence-electron chi connectivity index (χ0n) is 14.2. The molecule has 6 nitrogen and oxygen atoms in total. The number of nitrogens with zero attached hydrogens (tertiary/aromatic N) is 1. The highest BCUT2D eigenvalue weighted by Gasteiger charge is 2.54. The highest BCUT2D eigenvalue weighted by atomic mass is 16.6. The van der Waals surface area contributed by atoms with E-state index in [0.29, 0.717) is 12.8 Å². The molecule has 6 heteroatoms. The van der Waals surface area contributed by atoms with Gasteiger partial charge < -0.3 is 14.6 Å². The molecule has 2 atom stereocenters. The number of amides is 1. The van der Waals surface area contributed by atoms with Crippen molar-refractivity contribution in [3.05, 3.63) is 35.9 Å². The molecular weight excluding hydrogens is 310 g/mol. The lowest BCUT2D eigenvalue weighted by molar-refractivity contribution is -0.165. The van der Waals surface area contributed by atoms with Gasteiger partial charge in [-0.25, -0.2) is 9.59 Å². The molecule has 1 saturated carbocycles. The van der Waals surface area contributed by atoms with Crippen LogP contribution in [0.5, 0.6) is 0 Å². The highest BCUT2D eigenvalue weighted by Crippen LogP contribution is 2.36. The van der Waals surface area contributed by atoms with Gasteiger partial charge in [0.15, 0.2) is 5.54 Å². The molecule has 1 N–H and O–H groups in total. The number of ether oxygens (including phenoxy) is 2. The summed E-state index contributed by atoms with van der Waals surface area (Å²) in [5, 5.41) is 9.90. The Kier molecular flexibility index (Phi) is 6.20. The van der Waals surface area contributed by atoms with Gasteiger partial charge in [-0.1, -0.05) is 43.2 Å². The number of benzene rings is 1. The summed E-state index contributed by atoms with van der Waals surface area (Å²) in [6, 6.07) is 9.32. The maximum absolute atomic E-state index is 12.6. The standard InChI is InChI=1S/C18H25NO5/c1-3-19(17(22)24-13-14-9-5-4-6-10-14)18(16(20)21)12-8-7-11-15(18)23-2/h4-6,9-10,15H,3,7-8,11-13H2,1-2H3,(H,20,21). The second-order valence-corrected chi connectivity index (χ2v) is 5.98. The van der Waals surface area contributed by atoms with Crippen molar-refractivity contribution in [1.82, 2.24) is 4.90 Å². The van der Waals surface area contributed by atoms with Crippen molar-refractivity contribution >= 4 is 12.1 Å². The maximum Gasteiger partial charge on any atom is 0.411 e. The van der Waals surface area contributed by atoms with Gasteiger partial charge in [-0.05, 0) is 25.3 Å². The van der Waals surface area contributed by atoms with Crippen LogP contribution in [-0.2, 0) is 20.9 Å². The Labute approximate surface area is 142 Å². The smallest absolute Gasteiger partial charge is 0.411 e. The van der Waals surface area contributed by atoms with E-state index < -0.39 is 23.7 Å². The average Bonchev–Trinajstić information content (AvgIpc) is 2.61. The topological polar surface area (TPSA) is 76.1 Å². The first-order valence-corrected chi connectivity index (χ1v) is 8.30. The summed E-state index contributed by atoms with van der Waals surface area (Å²) in [5.41, 5.74) is -0.506. The third kappa shape index (κ3) is 3.53. The van der Waals surface area contributed by atoms with Crippen LogP contribution in [0.4, 0.5) is 4.79 Å². The number of hydrogen-bond acceptors (Lipinski definition) is 4. The van der Waals surface area contributed by atoms with Gasteiger partial charge in [0.05, 0.1) is 6.10 Å². The first-order chi connectivity index (χ1) is 11.6. The Hall–Kier alpha value is -2.08. The second kappa shape index (κ2) is 8.15. The fraction of sp³-hybridized carbons (Fsp3) is 0.556. The fourth-order valence-electron chi connectivity index (χ4n) is 3.48. The predicted molar refractivity (Wildman–Crippen MR) is 88.6 cm³/mol. The Morgan fingerprint density at radius 2 is 2.00 bits per heavy atom. The van der Waals surface area contributed by atoms with Gasteiger partial charge in [0.1, 0.15) is 6.61 Å². The van der Waals surface area contributed by atoms with Crippen LogP contribution >= 0.6 is 0 Å². The lowest BCUT2D eigenvalue weighted by Crippen LogP contribution is -2.65. The molecule has 1 aliphatic rings. The maximum atomic E-state index is 12.6. The molecule has 0 spiro atoms. The van der Waals surface area contributed by atoms with Crippen LogP contribution in [0.1, 0.15) is 38.2 Å². The number of hydrogen-bond donors (Lipinski definition) is 1. The largest absolute Gasteiger partial charge is 0.479 e. The zero-order valence-corrected chi connectivity index (χ0v) is 14.2. The van der Waals surface area contributed by atoms with Crippen molar-refractivity contribution in [2.45, 2.75) is 50.9 Å². The van der Waals surface area contributed by atoms with Crippen LogP contribution in [0.25, 0.3) is 0 Å². The molecule has 0 saturated heterocycles. The summed E-state index contributed by atoms with van der Waals surface area (Å²) in [6.07, 6.45) is 1.47. The lowest BCUT2D eigenvalue weighted by atomic mass is 9.77. The van der Waals surface area contributed by atoms with Crippen LogP contribution < -0.4 is 0 Å². The summed E-state index contributed by atoms with van der Waals surface area (Å²) in [4.78, 5) is 26.0. The van der Waals surface area contributed by atoms with Crippen LogP contribution in [0.2, 0.25) is 0 Å². The first kappa shape index (κ1) is 18.3. The summed E-state index contributed by atoms with van der Waals surface area (Å²) in [5.74, 6) is -1.03. The first-order valence-electron chi connectivity index (χ1n) is 8.30. The average molecular weight is 335 g/mol. The summed E-state index contributed by atoms with van der Waals surface area (Å²) >= 11 is 0. The Bertz CT molecular complexity index is 562. The number of carboxylic acid groups (broad SMARTS) is 1. The zero-order chi connectivity index (χ0) is 17.6. The Morgan fingerprint density at radius 1 is 1.29 bits per heavy atom. The van der Waals surface area contributed by atoms with E-state index in [9.17, 15) is 14.7 Å². The monoisotopic (exact) mass is 335 g/mol. The van der Waals surface area contributed by atoms with Crippen LogP contribution in [0, 0.1) is 0 Å². The molecule has 1 aromatic rings. The van der Waals surface area contributed by atoms with Crippen LogP contribution in [0.15, 0.2) is 30.3 Å². The van der Waals surface area contributed by atoms with Crippen molar-refractivity contribution in [2.24, 2.45) is 0 Å². The van der Waals surface area contributed by atoms with E-state index in [1.807, 2.05) is 30.3 Å². The molecule has 0 bridgehead atoms. The summed E-state index contributed by atoms with van der Waals surface area (Å²) < 4.78 is 10.8. The SMILES string of the molecule is CCN(C(=O)OCc1ccccc1)C1(C(=O)O)CCCCC1OC. The minimum Gasteiger partial charge on any atom is -0.479 e. The molecule has 0 heterocycles. The van der Waals surface area contributed by atoms with Crippen molar-refractivity contribution in [3.8, 4) is 0 Å². The molecule has 1 amide bonds. The molecule has 2 rings (SSSR count). The van der Waals surface area contributed by atoms with Gasteiger partial charge in [-0.15, -0.1) is 0 Å². The van der Waals surface area contributed by atoms with E-state index in [0.717, 1.165) is 18.4 Å². The van der Waals surface area contributed by atoms with Crippen LogP contribution in [-0.4, -0.2) is 47.4 Å². The number of methoxy groups -OCH3 is 1. The van der Waals surface area contributed by atoms with E-state index >= 15 is 0 Å². The van der Waals surface area contributed by atoms with E-state index in [1.54, 1.807) is 6.92 Å². The predicted octanol–water partition coefficient (Wildman–Crippen LogP) is 3.06. The van der Waals surface area contributed by atoms with E-state index in [2.05, 4.69) is 0 Å². The quantitative estimate of drug-likeness (QED) is 0.864. The third-order valence-corrected chi connectivity index (χ3v) is 4.69. The van der Waals surface area contributed by atoms with Gasteiger partial charge in [-0.2, -0.15) is 0 Å². The minimum atomic E-state index is -1.37. The van der Waals surface area contributed by atoms with Crippen molar-refractivity contribution in [2.75, 3.05) is 13.7 Å². The summed E-state index contributed by atoms with van der Waals surface area (Å²) in [7, 11) is 1.50. The van der Waals surface area contributed by atoms with Crippen LogP contribution in [0.3, 0.4) is 0 Å². The third-order valence-electron chi connectivity index (χ3n) is 4.69. The Balaban J connectivity index is 2.19.